The smallest absolute Gasteiger partial charge is 0.252 e. The number of aliphatic hydroxyl groups is 1. The van der Waals surface area contributed by atoms with Gasteiger partial charge in [-0.15, -0.1) is 11.3 Å². The molecule has 5 nitrogen and oxygen atoms in total. The molecule has 2 saturated heterocycles. The van der Waals surface area contributed by atoms with E-state index in [0.29, 0.717) is 17.3 Å². The van der Waals surface area contributed by atoms with E-state index in [9.17, 15) is 13.5 Å². The first-order valence-electron chi connectivity index (χ1n) is 9.18. The Labute approximate surface area is 172 Å². The first-order valence-corrected chi connectivity index (χ1v) is 12.3. The van der Waals surface area contributed by atoms with Crippen molar-refractivity contribution in [3.63, 3.8) is 0 Å². The summed E-state index contributed by atoms with van der Waals surface area (Å²) in [6, 6.07) is 11.8. The summed E-state index contributed by atoms with van der Waals surface area (Å²) < 4.78 is 29.3. The van der Waals surface area contributed by atoms with Crippen molar-refractivity contribution < 1.29 is 13.5 Å². The van der Waals surface area contributed by atoms with Crippen LogP contribution in [0.5, 0.6) is 0 Å². The minimum atomic E-state index is -3.46. The van der Waals surface area contributed by atoms with Crippen LogP contribution < -0.4 is 0 Å². The van der Waals surface area contributed by atoms with Crippen LogP contribution in [0.2, 0.25) is 0 Å². The molecule has 4 rings (SSSR count). The Morgan fingerprint density at radius 2 is 1.89 bits per heavy atom. The van der Waals surface area contributed by atoms with E-state index in [1.54, 1.807) is 21.8 Å². The second-order valence-corrected chi connectivity index (χ2v) is 11.2. The number of fused-ring (bicyclic) bond motifs is 1. The molecule has 1 N–H and O–H groups in total. The van der Waals surface area contributed by atoms with Crippen LogP contribution in [0.15, 0.2) is 50.5 Å². The van der Waals surface area contributed by atoms with Gasteiger partial charge in [0.1, 0.15) is 4.21 Å². The van der Waals surface area contributed by atoms with E-state index in [-0.39, 0.29) is 24.6 Å². The Bertz CT molecular complexity index is 871. The minimum absolute atomic E-state index is 0.0561. The number of rotatable bonds is 4. The highest BCUT2D eigenvalue weighted by Crippen LogP contribution is 2.42. The van der Waals surface area contributed by atoms with Gasteiger partial charge in [0, 0.05) is 35.6 Å². The number of thiophene rings is 1. The van der Waals surface area contributed by atoms with E-state index < -0.39 is 10.0 Å². The summed E-state index contributed by atoms with van der Waals surface area (Å²) in [5.41, 5.74) is 1.16. The zero-order valence-electron chi connectivity index (χ0n) is 14.9. The lowest BCUT2D eigenvalue weighted by Crippen LogP contribution is -2.67. The second kappa shape index (κ2) is 7.93. The summed E-state index contributed by atoms with van der Waals surface area (Å²) in [6.07, 6.45) is 1.78. The molecule has 3 heterocycles. The molecule has 3 atom stereocenters. The van der Waals surface area contributed by atoms with E-state index >= 15 is 0 Å². The standard InChI is InChI=1S/C19H23BrN2O3S2/c20-15-7-5-14(6-8-15)19-16-12-21(27(24,25)18-4-3-11-26-18)9-1-2-10-22(16)17(19)13-23/h3-8,11,16-17,19,23H,1-2,9-10,12-13H2/t16-,17-,19-/m0/s1. The number of halogens is 1. The van der Waals surface area contributed by atoms with E-state index in [1.807, 2.05) is 12.1 Å². The van der Waals surface area contributed by atoms with Crippen molar-refractivity contribution in [2.75, 3.05) is 26.2 Å². The normalized spacial score (nSPS) is 27.4. The van der Waals surface area contributed by atoms with E-state index in [1.165, 1.54) is 11.3 Å². The molecule has 0 bridgehead atoms. The van der Waals surface area contributed by atoms with Crippen molar-refractivity contribution in [2.45, 2.75) is 35.1 Å². The van der Waals surface area contributed by atoms with Gasteiger partial charge in [0.15, 0.2) is 0 Å². The maximum Gasteiger partial charge on any atom is 0.252 e. The predicted molar refractivity (Wildman–Crippen MR) is 111 cm³/mol. The third-order valence-electron chi connectivity index (χ3n) is 5.68. The molecular formula is C19H23BrN2O3S2. The molecule has 0 radical (unpaired) electrons. The van der Waals surface area contributed by atoms with Gasteiger partial charge in [0.25, 0.3) is 10.0 Å². The van der Waals surface area contributed by atoms with Gasteiger partial charge in [0.05, 0.1) is 6.61 Å². The fraction of sp³-hybridized carbons (Fsp3) is 0.474. The second-order valence-electron chi connectivity index (χ2n) is 7.13. The Kier molecular flexibility index (Phi) is 5.74. The molecule has 2 fully saturated rings. The van der Waals surface area contributed by atoms with Gasteiger partial charge in [-0.25, -0.2) is 8.42 Å². The molecule has 2 aromatic rings. The van der Waals surface area contributed by atoms with Gasteiger partial charge >= 0.3 is 0 Å². The molecule has 0 saturated carbocycles. The topological polar surface area (TPSA) is 60.9 Å². The Morgan fingerprint density at radius 1 is 1.15 bits per heavy atom. The van der Waals surface area contributed by atoms with Crippen LogP contribution in [0.1, 0.15) is 24.3 Å². The SMILES string of the molecule is O=S(=O)(c1cccs1)N1CCCCN2[C@@H](CO)[C@@H](c3ccc(Br)cc3)[C@@H]2C1. The maximum absolute atomic E-state index is 13.1. The zero-order valence-corrected chi connectivity index (χ0v) is 18.1. The zero-order chi connectivity index (χ0) is 19.0. The number of sulfonamides is 1. The Morgan fingerprint density at radius 3 is 2.56 bits per heavy atom. The van der Waals surface area contributed by atoms with E-state index in [0.717, 1.165) is 29.4 Å². The van der Waals surface area contributed by atoms with E-state index in [2.05, 4.69) is 33.0 Å². The van der Waals surface area contributed by atoms with Crippen LogP contribution in [0.3, 0.4) is 0 Å². The summed E-state index contributed by atoms with van der Waals surface area (Å²) in [7, 11) is -3.46. The average Bonchev–Trinajstić information content (AvgIpc) is 3.17. The number of benzene rings is 1. The number of hydrogen-bond acceptors (Lipinski definition) is 5. The molecule has 146 valence electrons. The highest BCUT2D eigenvalue weighted by atomic mass is 79.9. The van der Waals surface area contributed by atoms with Crippen LogP contribution in [-0.2, 0) is 10.0 Å². The summed E-state index contributed by atoms with van der Waals surface area (Å²) in [6.45, 7) is 2.03. The van der Waals surface area contributed by atoms with Crippen LogP contribution in [0.25, 0.3) is 0 Å². The van der Waals surface area contributed by atoms with Gasteiger partial charge in [0.2, 0.25) is 0 Å². The lowest BCUT2D eigenvalue weighted by molar-refractivity contribution is -0.0553. The highest BCUT2D eigenvalue weighted by molar-refractivity contribution is 9.10. The molecule has 0 amide bonds. The Hall–Kier alpha value is -0.770. The van der Waals surface area contributed by atoms with Crippen LogP contribution in [-0.4, -0.2) is 61.1 Å². The lowest BCUT2D eigenvalue weighted by Gasteiger charge is -2.57. The molecule has 2 aliphatic heterocycles. The minimum Gasteiger partial charge on any atom is -0.395 e. The third-order valence-corrected chi connectivity index (χ3v) is 9.44. The molecular weight excluding hydrogens is 448 g/mol. The first kappa shape index (κ1) is 19.5. The molecule has 27 heavy (non-hydrogen) atoms. The number of nitrogens with zero attached hydrogens (tertiary/aromatic N) is 2. The summed E-state index contributed by atoms with van der Waals surface area (Å²) >= 11 is 4.74. The van der Waals surface area contributed by atoms with Gasteiger partial charge in [-0.05, 0) is 48.5 Å². The molecule has 0 unspecified atom stereocenters. The van der Waals surface area contributed by atoms with Crippen molar-refractivity contribution in [1.82, 2.24) is 9.21 Å². The van der Waals surface area contributed by atoms with Gasteiger partial charge in [-0.2, -0.15) is 4.31 Å². The predicted octanol–water partition coefficient (Wildman–Crippen LogP) is 3.12. The van der Waals surface area contributed by atoms with Crippen LogP contribution in [0, 0.1) is 0 Å². The van der Waals surface area contributed by atoms with Crippen molar-refractivity contribution >= 4 is 37.3 Å². The lowest BCUT2D eigenvalue weighted by atomic mass is 9.74. The fourth-order valence-electron chi connectivity index (χ4n) is 4.35. The van der Waals surface area contributed by atoms with Crippen molar-refractivity contribution in [3.05, 3.63) is 51.8 Å². The van der Waals surface area contributed by atoms with Crippen molar-refractivity contribution in [3.8, 4) is 0 Å². The molecule has 1 aromatic carbocycles. The molecule has 1 aromatic heterocycles. The van der Waals surface area contributed by atoms with Crippen LogP contribution >= 0.6 is 27.3 Å². The van der Waals surface area contributed by atoms with Gasteiger partial charge in [-0.3, -0.25) is 4.90 Å². The summed E-state index contributed by atoms with van der Waals surface area (Å²) in [4.78, 5) is 2.29. The average molecular weight is 471 g/mol. The third kappa shape index (κ3) is 3.63. The Balaban J connectivity index is 1.63. The monoisotopic (exact) mass is 470 g/mol. The van der Waals surface area contributed by atoms with E-state index in [4.69, 9.17) is 0 Å². The van der Waals surface area contributed by atoms with Crippen molar-refractivity contribution in [1.29, 1.82) is 0 Å². The highest BCUT2D eigenvalue weighted by Gasteiger charge is 2.50. The van der Waals surface area contributed by atoms with Gasteiger partial charge in [-0.1, -0.05) is 34.1 Å². The first-order chi connectivity index (χ1) is 13.0. The van der Waals surface area contributed by atoms with Gasteiger partial charge < -0.3 is 5.11 Å². The fourth-order valence-corrected chi connectivity index (χ4v) is 7.26. The maximum atomic E-state index is 13.1. The summed E-state index contributed by atoms with van der Waals surface area (Å²) in [5, 5.41) is 11.8. The number of aliphatic hydroxyl groups excluding tert-OH is 1. The quantitative estimate of drug-likeness (QED) is 0.745. The number of hydrogen-bond donors (Lipinski definition) is 1. The summed E-state index contributed by atoms with van der Waals surface area (Å²) in [5.74, 6) is 0.141. The molecule has 0 aliphatic carbocycles. The molecule has 0 spiro atoms. The van der Waals surface area contributed by atoms with Crippen molar-refractivity contribution in [2.24, 2.45) is 0 Å². The molecule has 2 aliphatic rings. The van der Waals surface area contributed by atoms with Crippen LogP contribution in [0.4, 0.5) is 0 Å². The largest absolute Gasteiger partial charge is 0.395 e. The molecule has 8 heteroatoms.